The fourth-order valence-electron chi connectivity index (χ4n) is 3.88. The average Bonchev–Trinajstić information content (AvgIpc) is 2.81. The Bertz CT molecular complexity index is 893. The highest BCUT2D eigenvalue weighted by molar-refractivity contribution is 7.97. The van der Waals surface area contributed by atoms with Crippen LogP contribution in [0.1, 0.15) is 6.42 Å². The molecule has 7 heteroatoms. The molecule has 0 spiro atoms. The van der Waals surface area contributed by atoms with Gasteiger partial charge in [0.2, 0.25) is 0 Å². The molecule has 2 aromatic rings. The number of anilines is 1. The van der Waals surface area contributed by atoms with Crippen LogP contribution in [0.4, 0.5) is 5.69 Å². The van der Waals surface area contributed by atoms with Crippen molar-refractivity contribution >= 4 is 23.5 Å². The van der Waals surface area contributed by atoms with Crippen LogP contribution in [-0.2, 0) is 9.63 Å². The molecule has 31 heavy (non-hydrogen) atoms. The third kappa shape index (κ3) is 5.61. The molecule has 1 unspecified atom stereocenters. The summed E-state index contributed by atoms with van der Waals surface area (Å²) in [5.41, 5.74) is 6.17. The Morgan fingerprint density at radius 3 is 2.19 bits per heavy atom. The van der Waals surface area contributed by atoms with Gasteiger partial charge in [-0.3, -0.25) is 9.63 Å². The van der Waals surface area contributed by atoms with Gasteiger partial charge in [-0.25, -0.2) is 5.48 Å². The molecule has 0 aliphatic carbocycles. The Morgan fingerprint density at radius 1 is 0.968 bits per heavy atom. The van der Waals surface area contributed by atoms with E-state index in [1.807, 2.05) is 12.3 Å². The lowest BCUT2D eigenvalue weighted by molar-refractivity contribution is -0.134. The van der Waals surface area contributed by atoms with Crippen molar-refractivity contribution in [1.29, 1.82) is 0 Å². The van der Waals surface area contributed by atoms with Gasteiger partial charge in [0.15, 0.2) is 0 Å². The maximum atomic E-state index is 11.8. The van der Waals surface area contributed by atoms with Gasteiger partial charge < -0.3 is 14.1 Å². The molecule has 6 nitrogen and oxygen atoms in total. The molecule has 2 aliphatic rings. The Balaban J connectivity index is 1.33. The van der Waals surface area contributed by atoms with E-state index in [1.165, 1.54) is 28.8 Å². The van der Waals surface area contributed by atoms with Gasteiger partial charge in [0.25, 0.3) is 5.91 Å². The van der Waals surface area contributed by atoms with E-state index >= 15 is 0 Å². The molecule has 2 aliphatic heterocycles. The van der Waals surface area contributed by atoms with Crippen molar-refractivity contribution in [3.05, 3.63) is 60.8 Å². The molecular formula is C24H30N4O2S. The van der Waals surface area contributed by atoms with E-state index in [-0.39, 0.29) is 11.8 Å². The highest BCUT2D eigenvalue weighted by Crippen LogP contribution is 2.30. The van der Waals surface area contributed by atoms with E-state index in [0.29, 0.717) is 0 Å². The van der Waals surface area contributed by atoms with Gasteiger partial charge >= 0.3 is 0 Å². The minimum absolute atomic E-state index is 0.0913. The minimum Gasteiger partial charge on any atom is -0.369 e. The molecule has 2 heterocycles. The second kappa shape index (κ2) is 10.2. The molecule has 164 valence electrons. The molecule has 1 fully saturated rings. The van der Waals surface area contributed by atoms with Crippen molar-refractivity contribution in [1.82, 2.24) is 14.7 Å². The molecule has 2 aromatic carbocycles. The average molecular weight is 439 g/mol. The second-order valence-corrected chi connectivity index (χ2v) is 9.12. The Kier molecular flexibility index (Phi) is 7.17. The molecule has 1 atom stereocenters. The maximum Gasteiger partial charge on any atom is 0.250 e. The first-order chi connectivity index (χ1) is 15.1. The van der Waals surface area contributed by atoms with Crippen molar-refractivity contribution in [3.63, 3.8) is 0 Å². The molecule has 4 rings (SSSR count). The summed E-state index contributed by atoms with van der Waals surface area (Å²) in [7, 11) is 3.64. The number of carbonyl (C=O) groups excluding carboxylic acids is 1. The number of hydroxylamine groups is 1. The van der Waals surface area contributed by atoms with Gasteiger partial charge in [-0.1, -0.05) is 30.3 Å². The summed E-state index contributed by atoms with van der Waals surface area (Å²) in [6.45, 7) is 5.23. The van der Waals surface area contributed by atoms with Crippen molar-refractivity contribution in [2.45, 2.75) is 11.3 Å². The third-order valence-electron chi connectivity index (χ3n) is 5.83. The lowest BCUT2D eigenvalue weighted by atomic mass is 10.0. The topological polar surface area (TPSA) is 48.1 Å². The van der Waals surface area contributed by atoms with Crippen molar-refractivity contribution in [2.75, 3.05) is 51.8 Å². The predicted molar refractivity (Wildman–Crippen MR) is 127 cm³/mol. The number of piperazine rings is 1. The van der Waals surface area contributed by atoms with Crippen molar-refractivity contribution in [2.24, 2.45) is 5.92 Å². The Hall–Kier alpha value is -2.48. The zero-order valence-corrected chi connectivity index (χ0v) is 19.0. The first kappa shape index (κ1) is 21.7. The van der Waals surface area contributed by atoms with E-state index in [4.69, 9.17) is 4.84 Å². The molecule has 0 bridgehead atoms. The second-order valence-electron chi connectivity index (χ2n) is 8.00. The van der Waals surface area contributed by atoms with Crippen LogP contribution in [0.5, 0.6) is 0 Å². The van der Waals surface area contributed by atoms with Crippen LogP contribution in [0.25, 0.3) is 11.1 Å². The van der Waals surface area contributed by atoms with Gasteiger partial charge in [0.05, 0.1) is 13.0 Å². The lowest BCUT2D eigenvalue weighted by Crippen LogP contribution is -2.44. The summed E-state index contributed by atoms with van der Waals surface area (Å²) in [5, 5.41) is 0. The quantitative estimate of drug-likeness (QED) is 0.549. The Labute approximate surface area is 188 Å². The zero-order valence-electron chi connectivity index (χ0n) is 18.2. The van der Waals surface area contributed by atoms with Gasteiger partial charge in [-0.2, -0.15) is 0 Å². The van der Waals surface area contributed by atoms with E-state index in [9.17, 15) is 4.79 Å². The number of rotatable bonds is 6. The van der Waals surface area contributed by atoms with Gasteiger partial charge in [0, 0.05) is 49.5 Å². The van der Waals surface area contributed by atoms with E-state index in [2.05, 4.69) is 75.2 Å². The summed E-state index contributed by atoms with van der Waals surface area (Å²) in [4.78, 5) is 22.6. The molecule has 1 N–H and O–H groups in total. The lowest BCUT2D eigenvalue weighted by Gasteiger charge is -2.34. The number of benzene rings is 2. The molecule has 0 saturated carbocycles. The summed E-state index contributed by atoms with van der Waals surface area (Å²) in [6, 6.07) is 17.6. The van der Waals surface area contributed by atoms with Crippen LogP contribution < -0.4 is 10.4 Å². The number of hydrogen-bond donors (Lipinski definition) is 1. The van der Waals surface area contributed by atoms with E-state index in [0.717, 1.165) is 39.1 Å². The number of amides is 1. The summed E-state index contributed by atoms with van der Waals surface area (Å²) in [6.07, 6.45) is 4.69. The number of likely N-dealkylation sites (N-methyl/N-ethyl adjacent to an activating group) is 1. The fourth-order valence-corrected chi connectivity index (χ4v) is 4.74. The summed E-state index contributed by atoms with van der Waals surface area (Å²) < 4.78 is 2.16. The number of nitrogens with zero attached hydrogens (tertiary/aromatic N) is 3. The minimum atomic E-state index is -0.131. The molecular weight excluding hydrogens is 408 g/mol. The van der Waals surface area contributed by atoms with Gasteiger partial charge in [0.1, 0.15) is 0 Å². The maximum absolute atomic E-state index is 11.8. The zero-order chi connectivity index (χ0) is 21.6. The summed E-state index contributed by atoms with van der Waals surface area (Å²) in [5.74, 6) is -0.223. The molecule has 1 saturated heterocycles. The van der Waals surface area contributed by atoms with Crippen LogP contribution in [-0.4, -0.2) is 62.0 Å². The van der Waals surface area contributed by atoms with E-state index < -0.39 is 0 Å². The first-order valence-corrected chi connectivity index (χ1v) is 11.5. The number of nitrogens with one attached hydrogen (secondary N) is 1. The molecule has 0 aromatic heterocycles. The van der Waals surface area contributed by atoms with Gasteiger partial charge in [-0.05, 0) is 60.8 Å². The predicted octanol–water partition coefficient (Wildman–Crippen LogP) is 3.63. The summed E-state index contributed by atoms with van der Waals surface area (Å²) >= 11 is 1.69. The van der Waals surface area contributed by atoms with Gasteiger partial charge in [-0.15, -0.1) is 0 Å². The van der Waals surface area contributed by atoms with Crippen molar-refractivity contribution in [3.8, 4) is 11.1 Å². The largest absolute Gasteiger partial charge is 0.369 e. The standard InChI is InChI=1S/C24H30N4O2S/c1-26-15-17-27(18-16-26)22-7-3-19(4-8-22)20-5-9-23(10-6-20)31-28-13-11-21(12-14-28)24(29)25-30-2/h3-11,13,21H,12,14-18H2,1-2H3,(H,25,29). The molecule has 0 radical (unpaired) electrons. The SMILES string of the molecule is CONC(=O)C1C=CN(Sc2ccc(-c3ccc(N4CCN(C)CC4)cc3)cc2)CC1. The third-order valence-corrected chi connectivity index (χ3v) is 6.85. The van der Waals surface area contributed by atoms with Crippen LogP contribution in [0, 0.1) is 5.92 Å². The fraction of sp³-hybridized carbons (Fsp3) is 0.375. The highest BCUT2D eigenvalue weighted by atomic mass is 32.2. The highest BCUT2D eigenvalue weighted by Gasteiger charge is 2.20. The molecule has 1 amide bonds. The van der Waals surface area contributed by atoms with Crippen LogP contribution in [0.15, 0.2) is 65.7 Å². The van der Waals surface area contributed by atoms with Crippen LogP contribution in [0.3, 0.4) is 0 Å². The first-order valence-electron chi connectivity index (χ1n) is 10.7. The number of hydrogen-bond acceptors (Lipinski definition) is 6. The monoisotopic (exact) mass is 438 g/mol. The number of carbonyl (C=O) groups is 1. The van der Waals surface area contributed by atoms with E-state index in [1.54, 1.807) is 11.9 Å². The van der Waals surface area contributed by atoms with Crippen LogP contribution >= 0.6 is 11.9 Å². The van der Waals surface area contributed by atoms with Crippen molar-refractivity contribution < 1.29 is 9.63 Å². The Morgan fingerprint density at radius 2 is 1.61 bits per heavy atom. The normalized spacial score (nSPS) is 19.5. The van der Waals surface area contributed by atoms with Crippen LogP contribution in [0.2, 0.25) is 0 Å². The smallest absolute Gasteiger partial charge is 0.250 e.